The first-order valence-electron chi connectivity index (χ1n) is 10.7. The van der Waals surface area contributed by atoms with E-state index in [9.17, 15) is 14.4 Å². The number of hydrogen-bond donors (Lipinski definition) is 4. The number of hydrogen-bond acceptors (Lipinski definition) is 6. The van der Waals surface area contributed by atoms with Gasteiger partial charge in [-0.05, 0) is 31.4 Å². The van der Waals surface area contributed by atoms with E-state index in [0.717, 1.165) is 25.7 Å². The van der Waals surface area contributed by atoms with Crippen molar-refractivity contribution in [3.8, 4) is 6.07 Å². The second-order valence-corrected chi connectivity index (χ2v) is 8.31. The topological polar surface area (TPSA) is 131 Å². The maximum atomic E-state index is 13.3. The Morgan fingerprint density at radius 2 is 2.03 bits per heavy atom. The molecule has 1 aliphatic rings. The summed E-state index contributed by atoms with van der Waals surface area (Å²) in [6, 6.07) is 13.3. The monoisotopic (exact) mass is 449 g/mol. The van der Waals surface area contributed by atoms with Crippen molar-refractivity contribution in [2.45, 2.75) is 38.3 Å². The number of piperidine rings is 1. The van der Waals surface area contributed by atoms with Gasteiger partial charge in [0.25, 0.3) is 5.91 Å². The molecule has 1 amide bonds. The second-order valence-electron chi connectivity index (χ2n) is 8.31. The summed E-state index contributed by atoms with van der Waals surface area (Å²) in [5.41, 5.74) is 7.61. The number of nitrogens with one attached hydrogen (secondary N) is 3. The number of amides is 1. The lowest BCUT2D eigenvalue weighted by Crippen LogP contribution is -2.51. The molecule has 33 heavy (non-hydrogen) atoms. The van der Waals surface area contributed by atoms with E-state index >= 15 is 0 Å². The minimum atomic E-state index is -0.807. The lowest BCUT2D eigenvalue weighted by molar-refractivity contribution is -0.114. The summed E-state index contributed by atoms with van der Waals surface area (Å²) < 4.78 is 13.3. The zero-order valence-corrected chi connectivity index (χ0v) is 18.6. The zero-order chi connectivity index (χ0) is 23.8. The molecule has 0 atom stereocenters. The Morgan fingerprint density at radius 1 is 1.33 bits per heavy atom. The molecule has 0 bridgehead atoms. The predicted octanol–water partition coefficient (Wildman–Crippen LogP) is 2.83. The van der Waals surface area contributed by atoms with Crippen molar-refractivity contribution in [2.24, 2.45) is 5.73 Å². The SMILES string of the molecule is Cc1ccc(CN2CCC(CC#N)(N/C=C(\C(=N)Nc3ccnc(F)c3)C(N)=O)CC2)cc1. The Hall–Kier alpha value is -3.77. The van der Waals surface area contributed by atoms with E-state index in [1.54, 1.807) is 0 Å². The van der Waals surface area contributed by atoms with E-state index in [2.05, 4.69) is 57.8 Å². The van der Waals surface area contributed by atoms with E-state index in [4.69, 9.17) is 11.1 Å². The van der Waals surface area contributed by atoms with Gasteiger partial charge in [-0.15, -0.1) is 0 Å². The fourth-order valence-corrected chi connectivity index (χ4v) is 3.80. The van der Waals surface area contributed by atoms with Gasteiger partial charge in [0.1, 0.15) is 5.84 Å². The van der Waals surface area contributed by atoms with Gasteiger partial charge in [0.15, 0.2) is 0 Å². The summed E-state index contributed by atoms with van der Waals surface area (Å²) in [7, 11) is 0. The standard InChI is InChI=1S/C24H28FN7O/c1-17-2-4-18(5-3-17)16-32-12-8-24(7-10-26,9-13-32)30-15-20(23(28)33)22(27)31-19-6-11-29-21(25)14-19/h2-6,11,14-15,30H,7-9,12-13,16H2,1H3,(H2,28,33)(H2,27,29,31)/b20-15+. The molecule has 1 aliphatic heterocycles. The van der Waals surface area contributed by atoms with Crippen LogP contribution < -0.4 is 16.4 Å². The van der Waals surface area contributed by atoms with Crippen molar-refractivity contribution >= 4 is 17.4 Å². The highest BCUT2D eigenvalue weighted by Crippen LogP contribution is 2.27. The molecule has 0 unspecified atom stereocenters. The third-order valence-electron chi connectivity index (χ3n) is 5.81. The summed E-state index contributed by atoms with van der Waals surface area (Å²) in [6.45, 7) is 4.47. The Morgan fingerprint density at radius 3 is 2.64 bits per heavy atom. The number of halogens is 1. The number of likely N-dealkylation sites (tertiary alicyclic amines) is 1. The molecule has 1 aromatic carbocycles. The Kier molecular flexibility index (Phi) is 7.74. The van der Waals surface area contributed by atoms with Crippen LogP contribution in [0.25, 0.3) is 0 Å². The molecular weight excluding hydrogens is 421 g/mol. The van der Waals surface area contributed by atoms with Gasteiger partial charge >= 0.3 is 0 Å². The van der Waals surface area contributed by atoms with Crippen LogP contribution in [0.1, 0.15) is 30.4 Å². The summed E-state index contributed by atoms with van der Waals surface area (Å²) in [4.78, 5) is 17.8. The van der Waals surface area contributed by atoms with Gasteiger partial charge in [0.2, 0.25) is 5.95 Å². The Labute approximate surface area is 192 Å². The third kappa shape index (κ3) is 6.60. The lowest BCUT2D eigenvalue weighted by Gasteiger charge is -2.41. The number of carbonyl (C=O) groups is 1. The molecule has 0 radical (unpaired) electrons. The van der Waals surface area contributed by atoms with Crippen molar-refractivity contribution in [1.29, 1.82) is 10.7 Å². The van der Waals surface area contributed by atoms with E-state index in [1.165, 1.54) is 29.6 Å². The van der Waals surface area contributed by atoms with Gasteiger partial charge in [0, 0.05) is 43.8 Å². The molecule has 1 saturated heterocycles. The van der Waals surface area contributed by atoms with Gasteiger partial charge in [-0.3, -0.25) is 15.1 Å². The maximum Gasteiger partial charge on any atom is 0.253 e. The summed E-state index contributed by atoms with van der Waals surface area (Å²) in [5, 5.41) is 23.5. The number of rotatable bonds is 8. The number of pyridine rings is 1. The van der Waals surface area contributed by atoms with Crippen LogP contribution in [0.3, 0.4) is 0 Å². The Bertz CT molecular complexity index is 1070. The minimum absolute atomic E-state index is 0.0911. The van der Waals surface area contributed by atoms with Gasteiger partial charge in [0.05, 0.1) is 23.6 Å². The van der Waals surface area contributed by atoms with Crippen LogP contribution >= 0.6 is 0 Å². The number of benzene rings is 1. The number of carbonyl (C=O) groups excluding carboxylic acids is 1. The van der Waals surface area contributed by atoms with E-state index in [-0.39, 0.29) is 23.5 Å². The average molecular weight is 450 g/mol. The third-order valence-corrected chi connectivity index (χ3v) is 5.81. The van der Waals surface area contributed by atoms with Gasteiger partial charge in [-0.1, -0.05) is 29.8 Å². The highest BCUT2D eigenvalue weighted by molar-refractivity contribution is 6.23. The van der Waals surface area contributed by atoms with Crippen LogP contribution in [0.15, 0.2) is 54.4 Å². The van der Waals surface area contributed by atoms with Crippen molar-refractivity contribution in [2.75, 3.05) is 18.4 Å². The van der Waals surface area contributed by atoms with E-state index in [1.807, 2.05) is 0 Å². The van der Waals surface area contributed by atoms with Crippen LogP contribution in [0.4, 0.5) is 10.1 Å². The predicted molar refractivity (Wildman–Crippen MR) is 125 cm³/mol. The van der Waals surface area contributed by atoms with Crippen molar-refractivity contribution in [3.63, 3.8) is 0 Å². The number of anilines is 1. The molecule has 5 N–H and O–H groups in total. The number of aromatic nitrogens is 1. The smallest absolute Gasteiger partial charge is 0.253 e. The van der Waals surface area contributed by atoms with Crippen LogP contribution in [-0.4, -0.2) is 40.3 Å². The van der Waals surface area contributed by atoms with Crippen molar-refractivity contribution in [1.82, 2.24) is 15.2 Å². The Balaban J connectivity index is 1.66. The molecule has 0 spiro atoms. The number of nitriles is 1. The summed E-state index contributed by atoms with van der Waals surface area (Å²) in [5.74, 6) is -1.79. The molecule has 0 saturated carbocycles. The van der Waals surface area contributed by atoms with Gasteiger partial charge in [-0.2, -0.15) is 9.65 Å². The molecule has 1 fully saturated rings. The lowest BCUT2D eigenvalue weighted by atomic mass is 9.84. The summed E-state index contributed by atoms with van der Waals surface area (Å²) in [6.07, 6.45) is 4.30. The van der Waals surface area contributed by atoms with Crippen molar-refractivity contribution < 1.29 is 9.18 Å². The van der Waals surface area contributed by atoms with Gasteiger partial charge < -0.3 is 16.4 Å². The molecule has 172 valence electrons. The second kappa shape index (κ2) is 10.7. The first-order chi connectivity index (χ1) is 15.8. The highest BCUT2D eigenvalue weighted by atomic mass is 19.1. The molecule has 8 nitrogen and oxygen atoms in total. The minimum Gasteiger partial charge on any atom is -0.384 e. The molecule has 1 aromatic heterocycles. The molecule has 2 aromatic rings. The number of amidine groups is 1. The van der Waals surface area contributed by atoms with Crippen molar-refractivity contribution in [3.05, 3.63) is 71.4 Å². The van der Waals surface area contributed by atoms with Crippen LogP contribution in [0, 0.1) is 29.6 Å². The largest absolute Gasteiger partial charge is 0.384 e. The van der Waals surface area contributed by atoms with E-state index in [0.29, 0.717) is 12.8 Å². The van der Waals surface area contributed by atoms with E-state index < -0.39 is 17.4 Å². The number of nitrogens with two attached hydrogens (primary N) is 1. The zero-order valence-electron chi connectivity index (χ0n) is 18.6. The maximum absolute atomic E-state index is 13.3. The fourth-order valence-electron chi connectivity index (χ4n) is 3.80. The number of aryl methyl sites for hydroxylation is 1. The first-order valence-corrected chi connectivity index (χ1v) is 10.7. The molecule has 2 heterocycles. The number of nitrogens with zero attached hydrogens (tertiary/aromatic N) is 3. The molecule has 9 heteroatoms. The fraction of sp³-hybridized carbons (Fsp3) is 0.333. The van der Waals surface area contributed by atoms with Crippen LogP contribution in [0.2, 0.25) is 0 Å². The quantitative estimate of drug-likeness (QED) is 0.212. The van der Waals surface area contributed by atoms with Crippen LogP contribution in [-0.2, 0) is 11.3 Å². The normalized spacial score (nSPS) is 16.0. The van der Waals surface area contributed by atoms with Crippen LogP contribution in [0.5, 0.6) is 0 Å². The molecule has 3 rings (SSSR count). The first kappa shape index (κ1) is 23.9. The number of primary amides is 1. The summed E-state index contributed by atoms with van der Waals surface area (Å²) >= 11 is 0. The average Bonchev–Trinajstić information content (AvgIpc) is 2.77. The molecule has 0 aliphatic carbocycles. The highest BCUT2D eigenvalue weighted by Gasteiger charge is 2.34. The van der Waals surface area contributed by atoms with Gasteiger partial charge in [-0.25, -0.2) is 4.98 Å². The molecular formula is C24H28FN7O.